The van der Waals surface area contributed by atoms with Gasteiger partial charge in [-0.3, -0.25) is 0 Å². The van der Waals surface area contributed by atoms with Gasteiger partial charge in [0, 0.05) is 27.8 Å². The van der Waals surface area contributed by atoms with E-state index in [1.165, 1.54) is 0 Å². The Morgan fingerprint density at radius 3 is 1.83 bits per heavy atom. The van der Waals surface area contributed by atoms with Crippen molar-refractivity contribution in [2.45, 2.75) is 0 Å². The molecule has 0 aliphatic rings. The Labute approximate surface area is 313 Å². The molecule has 2 nitrogen and oxygen atoms in total. The van der Waals surface area contributed by atoms with Crippen LogP contribution in [-0.4, -0.2) is 0 Å². The minimum absolute atomic E-state index is 0.158. The molecule has 0 bridgehead atoms. The molecule has 244 valence electrons. The predicted molar refractivity (Wildman–Crippen MR) is 220 cm³/mol. The molecule has 0 saturated carbocycles. The van der Waals surface area contributed by atoms with Crippen LogP contribution in [0.15, 0.2) is 204 Å². The van der Waals surface area contributed by atoms with Crippen LogP contribution in [0.1, 0.15) is 11.0 Å². The van der Waals surface area contributed by atoms with Gasteiger partial charge in [-0.25, -0.2) is 0 Å². The van der Waals surface area contributed by atoms with Gasteiger partial charge in [0.1, 0.15) is 11.2 Å². The Balaban J connectivity index is 1.03. The van der Waals surface area contributed by atoms with E-state index in [2.05, 4.69) is 65.6 Å². The van der Waals surface area contributed by atoms with E-state index >= 15 is 0 Å². The van der Waals surface area contributed by atoms with Crippen molar-refractivity contribution in [2.24, 2.45) is 0 Å². The first-order valence-electron chi connectivity index (χ1n) is 21.1. The van der Waals surface area contributed by atoms with Gasteiger partial charge < -0.3 is 9.32 Å². The zero-order valence-electron chi connectivity index (χ0n) is 35.8. The molecule has 0 fully saturated rings. The molecule has 0 N–H and O–H groups in total. The van der Waals surface area contributed by atoms with Crippen LogP contribution < -0.4 is 4.90 Å². The second-order valence-electron chi connectivity index (χ2n) is 12.8. The monoisotopic (exact) mass is 671 g/mol. The number of hydrogen-bond donors (Lipinski definition) is 0. The third-order valence-corrected chi connectivity index (χ3v) is 9.64. The Hall–Kier alpha value is -6.90. The van der Waals surface area contributed by atoms with Crippen molar-refractivity contribution in [3.8, 4) is 33.4 Å². The van der Waals surface area contributed by atoms with Crippen LogP contribution in [0, 0.1) is 0 Å². The van der Waals surface area contributed by atoms with Crippen LogP contribution in [0.25, 0.3) is 76.9 Å². The van der Waals surface area contributed by atoms with Crippen LogP contribution >= 0.6 is 0 Å². The molecular formula is C50H33NO. The lowest BCUT2D eigenvalue weighted by Crippen LogP contribution is -2.09. The van der Waals surface area contributed by atoms with Gasteiger partial charge in [0.25, 0.3) is 0 Å². The van der Waals surface area contributed by atoms with Crippen LogP contribution in [0.4, 0.5) is 17.1 Å². The Bertz CT molecular complexity index is 3330. The van der Waals surface area contributed by atoms with E-state index in [1.54, 1.807) is 30.3 Å². The van der Waals surface area contributed by atoms with E-state index in [0.29, 0.717) is 44.3 Å². The SMILES string of the molecule is [2H]c1c([2H])c([2H])c(-c2ccc(N(c3ccc(-c4cccc(-c5cc([2H])c6c(c5)c([2H])cc5oc7cccc([2H])c7c56)c4)cc3)c3ccc4ccccc4c3)cc2)c([2H])c1[2H]. The fourth-order valence-electron chi connectivity index (χ4n) is 7.09. The van der Waals surface area contributed by atoms with Gasteiger partial charge in [-0.2, -0.15) is 0 Å². The fourth-order valence-corrected chi connectivity index (χ4v) is 7.09. The van der Waals surface area contributed by atoms with Gasteiger partial charge in [0.05, 0.1) is 11.0 Å². The Morgan fingerprint density at radius 1 is 0.365 bits per heavy atom. The van der Waals surface area contributed by atoms with Crippen LogP contribution in [0.3, 0.4) is 0 Å². The molecule has 0 unspecified atom stereocenters. The lowest BCUT2D eigenvalue weighted by Gasteiger charge is -2.26. The maximum atomic E-state index is 9.15. The van der Waals surface area contributed by atoms with E-state index in [1.807, 2.05) is 60.7 Å². The van der Waals surface area contributed by atoms with Crippen LogP contribution in [0.5, 0.6) is 0 Å². The van der Waals surface area contributed by atoms with E-state index < -0.39 is 6.04 Å². The molecule has 0 saturated heterocycles. The molecule has 1 aromatic heterocycles. The highest BCUT2D eigenvalue weighted by Crippen LogP contribution is 2.39. The highest BCUT2D eigenvalue weighted by Gasteiger charge is 2.15. The molecule has 0 atom stereocenters. The first kappa shape index (κ1) is 22.7. The molecule has 0 radical (unpaired) electrons. The lowest BCUT2D eigenvalue weighted by atomic mass is 9.96. The summed E-state index contributed by atoms with van der Waals surface area (Å²) < 4.78 is 74.0. The Kier molecular flexibility index (Phi) is 5.45. The summed E-state index contributed by atoms with van der Waals surface area (Å²) >= 11 is 0. The normalized spacial score (nSPS) is 13.6. The number of para-hydroxylation sites is 1. The molecule has 0 aliphatic heterocycles. The van der Waals surface area contributed by atoms with Crippen molar-refractivity contribution in [3.05, 3.63) is 200 Å². The van der Waals surface area contributed by atoms with Crippen molar-refractivity contribution in [1.82, 2.24) is 0 Å². The first-order chi connectivity index (χ1) is 29.0. The summed E-state index contributed by atoms with van der Waals surface area (Å²) in [6.45, 7) is 0. The standard InChI is InChI=1S/C50H33NO/c1-2-9-34(10-3-1)36-17-24-43(25-18-36)51(45-28-21-35-11-4-5-12-40(35)33-45)44-26-19-37(20-27-44)38-13-8-14-39(31-38)41-22-29-46-42(32-41)23-30-49-50(46)47-15-6-7-16-48(47)52-49/h1-33H/i1D,2D,3D,9D,10D,15D,23D,29D. The second kappa shape index (κ2) is 12.5. The topological polar surface area (TPSA) is 16.4 Å². The minimum atomic E-state index is -0.420. The summed E-state index contributed by atoms with van der Waals surface area (Å²) in [4.78, 5) is 2.13. The maximum absolute atomic E-state index is 9.15. The van der Waals surface area contributed by atoms with Gasteiger partial charge >= 0.3 is 0 Å². The number of anilines is 3. The first-order valence-corrected chi connectivity index (χ1v) is 17.1. The summed E-state index contributed by atoms with van der Waals surface area (Å²) in [5.74, 6) is 0. The van der Waals surface area contributed by atoms with Gasteiger partial charge in [-0.15, -0.1) is 0 Å². The number of benzene rings is 9. The average molecular weight is 672 g/mol. The molecule has 0 aliphatic carbocycles. The molecule has 52 heavy (non-hydrogen) atoms. The minimum Gasteiger partial charge on any atom is -0.456 e. The zero-order chi connectivity index (χ0) is 41.4. The van der Waals surface area contributed by atoms with Crippen LogP contribution in [0.2, 0.25) is 0 Å². The van der Waals surface area contributed by atoms with Crippen molar-refractivity contribution in [1.29, 1.82) is 0 Å². The fraction of sp³-hybridized carbons (Fsp3) is 0. The maximum Gasteiger partial charge on any atom is 0.136 e. The lowest BCUT2D eigenvalue weighted by molar-refractivity contribution is 0.669. The molecule has 0 amide bonds. The predicted octanol–water partition coefficient (Wildman–Crippen LogP) is 14.4. The summed E-state index contributed by atoms with van der Waals surface area (Å²) in [5, 5.41) is 4.76. The highest BCUT2D eigenvalue weighted by molar-refractivity contribution is 6.19. The zero-order valence-corrected chi connectivity index (χ0v) is 27.8. The van der Waals surface area contributed by atoms with Crippen LogP contribution in [-0.2, 0) is 0 Å². The summed E-state index contributed by atoms with van der Waals surface area (Å²) in [5.41, 5.74) is 8.08. The van der Waals surface area contributed by atoms with E-state index in [9.17, 15) is 0 Å². The summed E-state index contributed by atoms with van der Waals surface area (Å²) in [6.07, 6.45) is 0. The smallest absolute Gasteiger partial charge is 0.136 e. The van der Waals surface area contributed by atoms with Gasteiger partial charge in [-0.05, 0) is 116 Å². The Morgan fingerprint density at radius 2 is 1.04 bits per heavy atom. The number of rotatable bonds is 6. The quantitative estimate of drug-likeness (QED) is 0.175. The number of furan rings is 1. The third kappa shape index (κ3) is 5.30. The number of hydrogen-bond acceptors (Lipinski definition) is 2. The van der Waals surface area contributed by atoms with E-state index in [-0.39, 0.29) is 41.8 Å². The van der Waals surface area contributed by atoms with E-state index in [4.69, 9.17) is 15.4 Å². The van der Waals surface area contributed by atoms with Crippen molar-refractivity contribution in [2.75, 3.05) is 4.90 Å². The number of fused-ring (bicyclic) bond motifs is 6. The van der Waals surface area contributed by atoms with Gasteiger partial charge in [0.2, 0.25) is 0 Å². The summed E-state index contributed by atoms with van der Waals surface area (Å²) in [7, 11) is 0. The molecule has 2 heteroatoms. The highest BCUT2D eigenvalue weighted by atomic mass is 16.3. The molecule has 1 heterocycles. The molecule has 0 spiro atoms. The average Bonchev–Trinajstić information content (AvgIpc) is 3.65. The van der Waals surface area contributed by atoms with E-state index in [0.717, 1.165) is 50.1 Å². The van der Waals surface area contributed by atoms with Crippen molar-refractivity contribution < 1.29 is 15.4 Å². The van der Waals surface area contributed by atoms with Gasteiger partial charge in [-0.1, -0.05) is 139 Å². The molecular weight excluding hydrogens is 631 g/mol. The van der Waals surface area contributed by atoms with Gasteiger partial charge in [0.15, 0.2) is 0 Å². The summed E-state index contributed by atoms with van der Waals surface area (Å²) in [6, 6.07) is 48.2. The largest absolute Gasteiger partial charge is 0.456 e. The molecule has 9 aromatic carbocycles. The molecule has 10 aromatic rings. The van der Waals surface area contributed by atoms with Crippen molar-refractivity contribution in [3.63, 3.8) is 0 Å². The second-order valence-corrected chi connectivity index (χ2v) is 12.8. The number of nitrogens with zero attached hydrogens (tertiary/aromatic N) is 1. The third-order valence-electron chi connectivity index (χ3n) is 9.64. The van der Waals surface area contributed by atoms with Crippen molar-refractivity contribution >= 4 is 60.5 Å². The molecule has 10 rings (SSSR count).